The Morgan fingerprint density at radius 3 is 2.62 bits per heavy atom. The standard InChI is InChI=1S/C16H22O5/c17-13(11-4-2-1-3-5-11)7-6-12-14(18)8-9-16(12,21)10-15(19)20/h1-5,12-14,17-18,21H,6-10H2,(H,19,20). The zero-order valence-electron chi connectivity index (χ0n) is 11.9. The third-order valence-corrected chi connectivity index (χ3v) is 4.42. The lowest BCUT2D eigenvalue weighted by Crippen LogP contribution is -2.39. The molecule has 2 rings (SSSR count). The van der Waals surface area contributed by atoms with Crippen molar-refractivity contribution >= 4 is 5.97 Å². The van der Waals surface area contributed by atoms with Crippen molar-refractivity contribution in [2.24, 2.45) is 5.92 Å². The Labute approximate surface area is 123 Å². The van der Waals surface area contributed by atoms with E-state index in [0.29, 0.717) is 19.3 Å². The summed E-state index contributed by atoms with van der Waals surface area (Å²) in [6.07, 6.45) is -0.293. The van der Waals surface area contributed by atoms with Crippen LogP contribution in [0.5, 0.6) is 0 Å². The molecule has 1 aliphatic rings. The maximum atomic E-state index is 10.9. The van der Waals surface area contributed by atoms with Crippen LogP contribution in [0.25, 0.3) is 0 Å². The molecule has 5 nitrogen and oxygen atoms in total. The van der Waals surface area contributed by atoms with Gasteiger partial charge in [0.25, 0.3) is 0 Å². The van der Waals surface area contributed by atoms with Crippen LogP contribution < -0.4 is 0 Å². The molecule has 0 saturated heterocycles. The molecule has 0 amide bonds. The second-order valence-corrected chi connectivity index (χ2v) is 5.89. The van der Waals surface area contributed by atoms with Gasteiger partial charge >= 0.3 is 5.97 Å². The minimum absolute atomic E-state index is 0.284. The Hall–Kier alpha value is -1.43. The SMILES string of the molecule is O=C(O)CC1(O)CCC(O)C1CCC(O)c1ccccc1. The first-order chi connectivity index (χ1) is 9.92. The molecule has 0 spiro atoms. The molecule has 0 aromatic heterocycles. The molecule has 4 unspecified atom stereocenters. The van der Waals surface area contributed by atoms with E-state index in [1.54, 1.807) is 0 Å². The first kappa shape index (κ1) is 15.9. The monoisotopic (exact) mass is 294 g/mol. The van der Waals surface area contributed by atoms with E-state index in [1.807, 2.05) is 30.3 Å². The van der Waals surface area contributed by atoms with Crippen LogP contribution in [0.1, 0.15) is 43.8 Å². The zero-order valence-corrected chi connectivity index (χ0v) is 11.9. The highest BCUT2D eigenvalue weighted by Crippen LogP contribution is 2.42. The number of carbonyl (C=O) groups is 1. The molecule has 1 aromatic carbocycles. The molecule has 4 N–H and O–H groups in total. The maximum absolute atomic E-state index is 10.9. The van der Waals surface area contributed by atoms with Crippen LogP contribution in [-0.2, 0) is 4.79 Å². The van der Waals surface area contributed by atoms with Crippen molar-refractivity contribution in [2.45, 2.75) is 49.9 Å². The Bertz CT molecular complexity index is 475. The van der Waals surface area contributed by atoms with Crippen molar-refractivity contribution in [3.05, 3.63) is 35.9 Å². The number of aliphatic hydroxyl groups is 3. The average molecular weight is 294 g/mol. The first-order valence-electron chi connectivity index (χ1n) is 7.27. The number of benzene rings is 1. The van der Waals surface area contributed by atoms with Crippen LogP contribution in [0.2, 0.25) is 0 Å². The quantitative estimate of drug-likeness (QED) is 0.637. The van der Waals surface area contributed by atoms with E-state index < -0.39 is 29.7 Å². The summed E-state index contributed by atoms with van der Waals surface area (Å²) >= 11 is 0. The molecule has 0 heterocycles. The molecule has 116 valence electrons. The molecule has 1 aliphatic carbocycles. The van der Waals surface area contributed by atoms with Gasteiger partial charge in [-0.1, -0.05) is 30.3 Å². The molecule has 5 heteroatoms. The average Bonchev–Trinajstić information content (AvgIpc) is 2.71. The Morgan fingerprint density at radius 1 is 1.33 bits per heavy atom. The zero-order chi connectivity index (χ0) is 15.5. The van der Waals surface area contributed by atoms with Crippen molar-refractivity contribution in [1.29, 1.82) is 0 Å². The van der Waals surface area contributed by atoms with E-state index in [1.165, 1.54) is 0 Å². The predicted molar refractivity (Wildman–Crippen MR) is 76.6 cm³/mol. The summed E-state index contributed by atoms with van der Waals surface area (Å²) in [6, 6.07) is 9.18. The Kier molecular flexibility index (Phi) is 4.98. The van der Waals surface area contributed by atoms with E-state index in [2.05, 4.69) is 0 Å². The van der Waals surface area contributed by atoms with Crippen molar-refractivity contribution in [3.63, 3.8) is 0 Å². The van der Waals surface area contributed by atoms with Gasteiger partial charge in [-0.15, -0.1) is 0 Å². The van der Waals surface area contributed by atoms with Crippen molar-refractivity contribution < 1.29 is 25.2 Å². The topological polar surface area (TPSA) is 98.0 Å². The van der Waals surface area contributed by atoms with Crippen LogP contribution in [0.15, 0.2) is 30.3 Å². The Balaban J connectivity index is 1.98. The number of hydrogen-bond acceptors (Lipinski definition) is 4. The summed E-state index contributed by atoms with van der Waals surface area (Å²) < 4.78 is 0. The van der Waals surface area contributed by atoms with Crippen LogP contribution >= 0.6 is 0 Å². The number of carboxylic acid groups (broad SMARTS) is 1. The smallest absolute Gasteiger partial charge is 0.306 e. The predicted octanol–water partition coefficient (Wildman–Crippen LogP) is 1.48. The van der Waals surface area contributed by atoms with Gasteiger partial charge in [-0.3, -0.25) is 4.79 Å². The largest absolute Gasteiger partial charge is 0.481 e. The van der Waals surface area contributed by atoms with Gasteiger partial charge in [0, 0.05) is 5.92 Å². The number of hydrogen-bond donors (Lipinski definition) is 4. The van der Waals surface area contributed by atoms with Crippen LogP contribution in [0.3, 0.4) is 0 Å². The molecule has 0 bridgehead atoms. The number of rotatable bonds is 6. The van der Waals surface area contributed by atoms with Gasteiger partial charge in [-0.2, -0.15) is 0 Å². The second kappa shape index (κ2) is 6.56. The molecule has 21 heavy (non-hydrogen) atoms. The van der Waals surface area contributed by atoms with E-state index in [-0.39, 0.29) is 12.8 Å². The van der Waals surface area contributed by atoms with Crippen molar-refractivity contribution in [1.82, 2.24) is 0 Å². The molecule has 1 saturated carbocycles. The highest BCUT2D eigenvalue weighted by Gasteiger charge is 2.47. The fourth-order valence-corrected chi connectivity index (χ4v) is 3.26. The third-order valence-electron chi connectivity index (χ3n) is 4.42. The number of carboxylic acids is 1. The minimum Gasteiger partial charge on any atom is -0.481 e. The highest BCUT2D eigenvalue weighted by atomic mass is 16.4. The first-order valence-corrected chi connectivity index (χ1v) is 7.27. The van der Waals surface area contributed by atoms with Gasteiger partial charge in [-0.05, 0) is 31.2 Å². The van der Waals surface area contributed by atoms with Gasteiger partial charge in [-0.25, -0.2) is 0 Å². The minimum atomic E-state index is -1.37. The van der Waals surface area contributed by atoms with Gasteiger partial charge in [0.1, 0.15) is 0 Å². The summed E-state index contributed by atoms with van der Waals surface area (Å²) in [5.41, 5.74) is -0.589. The summed E-state index contributed by atoms with van der Waals surface area (Å²) in [5, 5.41) is 39.5. The number of aliphatic carboxylic acids is 1. The number of aliphatic hydroxyl groups excluding tert-OH is 2. The van der Waals surface area contributed by atoms with E-state index in [0.717, 1.165) is 5.56 Å². The molecule has 0 radical (unpaired) electrons. The van der Waals surface area contributed by atoms with Gasteiger partial charge in [0.15, 0.2) is 0 Å². The summed E-state index contributed by atoms with van der Waals surface area (Å²) in [6.45, 7) is 0. The lowest BCUT2D eigenvalue weighted by Gasteiger charge is -2.30. The third kappa shape index (κ3) is 3.81. The summed E-state index contributed by atoms with van der Waals surface area (Å²) in [5.74, 6) is -1.58. The van der Waals surface area contributed by atoms with E-state index in [9.17, 15) is 20.1 Å². The summed E-state index contributed by atoms with van der Waals surface area (Å²) in [7, 11) is 0. The van der Waals surface area contributed by atoms with Crippen LogP contribution in [0.4, 0.5) is 0 Å². The van der Waals surface area contributed by atoms with Crippen LogP contribution in [0, 0.1) is 5.92 Å². The molecule has 0 aliphatic heterocycles. The molecule has 1 fully saturated rings. The lowest BCUT2D eigenvalue weighted by atomic mass is 9.82. The Morgan fingerprint density at radius 2 is 2.00 bits per heavy atom. The second-order valence-electron chi connectivity index (χ2n) is 5.89. The fraction of sp³-hybridized carbons (Fsp3) is 0.562. The maximum Gasteiger partial charge on any atom is 0.306 e. The molecule has 4 atom stereocenters. The van der Waals surface area contributed by atoms with Crippen molar-refractivity contribution in [3.8, 4) is 0 Å². The fourth-order valence-electron chi connectivity index (χ4n) is 3.26. The van der Waals surface area contributed by atoms with E-state index in [4.69, 9.17) is 5.11 Å². The molecular formula is C16H22O5. The molecular weight excluding hydrogens is 272 g/mol. The molecule has 1 aromatic rings. The lowest BCUT2D eigenvalue weighted by molar-refractivity contribution is -0.145. The normalized spacial score (nSPS) is 30.2. The van der Waals surface area contributed by atoms with Crippen molar-refractivity contribution in [2.75, 3.05) is 0 Å². The van der Waals surface area contributed by atoms with Gasteiger partial charge < -0.3 is 20.4 Å². The van der Waals surface area contributed by atoms with E-state index >= 15 is 0 Å². The summed E-state index contributed by atoms with van der Waals surface area (Å²) in [4.78, 5) is 10.9. The van der Waals surface area contributed by atoms with Gasteiger partial charge in [0.2, 0.25) is 0 Å². The highest BCUT2D eigenvalue weighted by molar-refractivity contribution is 5.68. The van der Waals surface area contributed by atoms with Gasteiger partial charge in [0.05, 0.1) is 24.2 Å². The van der Waals surface area contributed by atoms with Crippen LogP contribution in [-0.4, -0.2) is 38.1 Å².